The Bertz CT molecular complexity index is 715. The SMILES string of the molecule is COP(=O)(OC)[C@@H](Nc1ccccc1)c1ccccc1[N+](=O)[O-]. The third-order valence-corrected chi connectivity index (χ3v) is 5.39. The number of anilines is 1. The summed E-state index contributed by atoms with van der Waals surface area (Å²) in [5, 5.41) is 14.3. The maximum Gasteiger partial charge on any atom is 0.356 e. The third-order valence-electron chi connectivity index (χ3n) is 3.33. The van der Waals surface area contributed by atoms with Gasteiger partial charge in [0.25, 0.3) is 5.69 Å². The number of benzene rings is 2. The molecular weight excluding hydrogens is 319 g/mol. The zero-order valence-corrected chi connectivity index (χ0v) is 13.6. The van der Waals surface area contributed by atoms with Crippen molar-refractivity contribution in [1.82, 2.24) is 0 Å². The maximum absolute atomic E-state index is 12.9. The lowest BCUT2D eigenvalue weighted by atomic mass is 10.1. The summed E-state index contributed by atoms with van der Waals surface area (Å²) in [4.78, 5) is 10.8. The molecule has 0 saturated heterocycles. The van der Waals surface area contributed by atoms with Crippen molar-refractivity contribution in [2.75, 3.05) is 19.5 Å². The van der Waals surface area contributed by atoms with Crippen LogP contribution in [0.2, 0.25) is 0 Å². The molecule has 2 rings (SSSR count). The summed E-state index contributed by atoms with van der Waals surface area (Å²) in [5.74, 6) is -1.01. The van der Waals surface area contributed by atoms with E-state index in [9.17, 15) is 14.7 Å². The molecule has 2 aromatic carbocycles. The molecule has 0 heterocycles. The molecule has 0 bridgehead atoms. The van der Waals surface area contributed by atoms with Gasteiger partial charge in [0.2, 0.25) is 0 Å². The van der Waals surface area contributed by atoms with Crippen LogP contribution in [0, 0.1) is 10.1 Å². The first-order valence-electron chi connectivity index (χ1n) is 6.78. The van der Waals surface area contributed by atoms with E-state index in [4.69, 9.17) is 9.05 Å². The monoisotopic (exact) mass is 336 g/mol. The van der Waals surface area contributed by atoms with Crippen LogP contribution in [0.15, 0.2) is 54.6 Å². The lowest BCUT2D eigenvalue weighted by Gasteiger charge is -2.26. The summed E-state index contributed by atoms with van der Waals surface area (Å²) in [6.07, 6.45) is 0. The summed E-state index contributed by atoms with van der Waals surface area (Å²) in [6.45, 7) is 0. The summed E-state index contributed by atoms with van der Waals surface area (Å²) in [6, 6.07) is 15.0. The van der Waals surface area contributed by atoms with Crippen molar-refractivity contribution in [2.24, 2.45) is 0 Å². The second-order valence-corrected chi connectivity index (χ2v) is 6.96. The maximum atomic E-state index is 12.9. The molecule has 0 radical (unpaired) electrons. The van der Waals surface area contributed by atoms with Gasteiger partial charge < -0.3 is 14.4 Å². The van der Waals surface area contributed by atoms with Crippen molar-refractivity contribution in [3.63, 3.8) is 0 Å². The zero-order valence-electron chi connectivity index (χ0n) is 12.7. The third kappa shape index (κ3) is 3.76. The number of rotatable bonds is 7. The summed E-state index contributed by atoms with van der Waals surface area (Å²) in [7, 11) is -1.16. The highest BCUT2D eigenvalue weighted by Gasteiger charge is 2.39. The van der Waals surface area contributed by atoms with Crippen molar-refractivity contribution in [1.29, 1.82) is 0 Å². The molecule has 0 unspecified atom stereocenters. The van der Waals surface area contributed by atoms with E-state index in [1.807, 2.05) is 6.07 Å². The van der Waals surface area contributed by atoms with E-state index in [0.717, 1.165) is 0 Å². The number of nitro groups is 1. The van der Waals surface area contributed by atoms with Gasteiger partial charge in [0.1, 0.15) is 0 Å². The molecule has 0 spiro atoms. The number of nitrogens with one attached hydrogen (secondary N) is 1. The molecule has 23 heavy (non-hydrogen) atoms. The molecule has 0 fully saturated rings. The van der Waals surface area contributed by atoms with Crippen LogP contribution >= 0.6 is 7.60 Å². The van der Waals surface area contributed by atoms with E-state index in [1.54, 1.807) is 36.4 Å². The number of nitro benzene ring substituents is 1. The minimum Gasteiger partial charge on any atom is -0.368 e. The Morgan fingerprint density at radius 1 is 1.04 bits per heavy atom. The van der Waals surface area contributed by atoms with E-state index >= 15 is 0 Å². The predicted octanol–water partition coefficient (Wildman–Crippen LogP) is 4.19. The average Bonchev–Trinajstić information content (AvgIpc) is 2.60. The molecule has 0 aliphatic carbocycles. The van der Waals surface area contributed by atoms with Gasteiger partial charge in [0, 0.05) is 26.0 Å². The molecule has 7 nitrogen and oxygen atoms in total. The van der Waals surface area contributed by atoms with Crippen LogP contribution in [0.3, 0.4) is 0 Å². The standard InChI is InChI=1S/C15H17N2O5P/c1-21-23(20,22-2)15(16-12-8-4-3-5-9-12)13-10-6-7-11-14(13)17(18)19/h3-11,15-16H,1-2H3/t15-/m1/s1. The normalized spacial score (nSPS) is 12.6. The molecule has 122 valence electrons. The molecular formula is C15H17N2O5P. The Hall–Kier alpha value is -2.21. The topological polar surface area (TPSA) is 90.7 Å². The van der Waals surface area contributed by atoms with Gasteiger partial charge in [0.15, 0.2) is 5.78 Å². The van der Waals surface area contributed by atoms with Crippen molar-refractivity contribution in [2.45, 2.75) is 5.78 Å². The molecule has 0 amide bonds. The molecule has 2 aromatic rings. The zero-order chi connectivity index (χ0) is 16.9. The van der Waals surface area contributed by atoms with Gasteiger partial charge in [-0.05, 0) is 18.2 Å². The van der Waals surface area contributed by atoms with Gasteiger partial charge in [0.05, 0.1) is 10.5 Å². The predicted molar refractivity (Wildman–Crippen MR) is 87.5 cm³/mol. The quantitative estimate of drug-likeness (QED) is 0.463. The highest BCUT2D eigenvalue weighted by atomic mass is 31.2. The lowest BCUT2D eigenvalue weighted by molar-refractivity contribution is -0.385. The van der Waals surface area contributed by atoms with Crippen LogP contribution in [-0.2, 0) is 13.6 Å². The second kappa shape index (κ2) is 7.37. The minimum absolute atomic E-state index is 0.157. The molecule has 0 saturated carbocycles. The van der Waals surface area contributed by atoms with Crippen molar-refractivity contribution in [3.8, 4) is 0 Å². The first-order chi connectivity index (χ1) is 11.0. The van der Waals surface area contributed by atoms with Gasteiger partial charge in [-0.25, -0.2) is 0 Å². The van der Waals surface area contributed by atoms with Crippen LogP contribution in [0.25, 0.3) is 0 Å². The van der Waals surface area contributed by atoms with E-state index < -0.39 is 18.3 Å². The number of para-hydroxylation sites is 2. The Balaban J connectivity index is 2.54. The fraction of sp³-hybridized carbons (Fsp3) is 0.200. The molecule has 1 N–H and O–H groups in total. The Kier molecular flexibility index (Phi) is 5.50. The van der Waals surface area contributed by atoms with Gasteiger partial charge in [-0.15, -0.1) is 0 Å². The van der Waals surface area contributed by atoms with Crippen molar-refractivity contribution >= 4 is 19.0 Å². The lowest BCUT2D eigenvalue weighted by Crippen LogP contribution is -2.15. The molecule has 0 aliphatic rings. The van der Waals surface area contributed by atoms with E-state index in [-0.39, 0.29) is 11.3 Å². The Morgan fingerprint density at radius 3 is 2.17 bits per heavy atom. The Morgan fingerprint density at radius 2 is 1.61 bits per heavy atom. The highest BCUT2D eigenvalue weighted by Crippen LogP contribution is 2.60. The summed E-state index contributed by atoms with van der Waals surface area (Å²) in [5.41, 5.74) is 0.716. The van der Waals surface area contributed by atoms with Gasteiger partial charge >= 0.3 is 7.60 Å². The van der Waals surface area contributed by atoms with Crippen LogP contribution in [0.4, 0.5) is 11.4 Å². The van der Waals surface area contributed by atoms with Crippen molar-refractivity contribution in [3.05, 3.63) is 70.3 Å². The van der Waals surface area contributed by atoms with E-state index in [2.05, 4.69) is 5.32 Å². The first kappa shape index (κ1) is 17.1. The van der Waals surface area contributed by atoms with Crippen molar-refractivity contribution < 1.29 is 18.5 Å². The average molecular weight is 336 g/mol. The first-order valence-corrected chi connectivity index (χ1v) is 8.39. The minimum atomic E-state index is -3.66. The van der Waals surface area contributed by atoms with Crippen LogP contribution < -0.4 is 5.32 Å². The van der Waals surface area contributed by atoms with E-state index in [1.165, 1.54) is 26.4 Å². The van der Waals surface area contributed by atoms with Crippen LogP contribution in [-0.4, -0.2) is 19.1 Å². The fourth-order valence-corrected chi connectivity index (χ4v) is 3.63. The smallest absolute Gasteiger partial charge is 0.356 e. The van der Waals surface area contributed by atoms with Gasteiger partial charge in [-0.2, -0.15) is 0 Å². The molecule has 0 aromatic heterocycles. The van der Waals surface area contributed by atoms with Gasteiger partial charge in [-0.3, -0.25) is 14.7 Å². The Labute approximate surface area is 133 Å². The largest absolute Gasteiger partial charge is 0.368 e. The molecule has 1 atom stereocenters. The summed E-state index contributed by atoms with van der Waals surface area (Å²) >= 11 is 0. The van der Waals surface area contributed by atoms with Crippen LogP contribution in [0.5, 0.6) is 0 Å². The molecule has 0 aliphatic heterocycles. The van der Waals surface area contributed by atoms with Gasteiger partial charge in [-0.1, -0.05) is 30.3 Å². The van der Waals surface area contributed by atoms with E-state index in [0.29, 0.717) is 5.69 Å². The highest BCUT2D eigenvalue weighted by molar-refractivity contribution is 7.54. The number of nitrogens with zero attached hydrogens (tertiary/aromatic N) is 1. The fourth-order valence-electron chi connectivity index (χ4n) is 2.19. The summed E-state index contributed by atoms with van der Waals surface area (Å²) < 4.78 is 23.0. The number of hydrogen-bond acceptors (Lipinski definition) is 6. The van der Waals surface area contributed by atoms with Crippen LogP contribution in [0.1, 0.15) is 11.3 Å². The molecule has 8 heteroatoms. The second-order valence-electron chi connectivity index (χ2n) is 4.63. The number of hydrogen-bond donors (Lipinski definition) is 1.